The lowest BCUT2D eigenvalue weighted by Crippen LogP contribution is -2.44. The van der Waals surface area contributed by atoms with Crippen LogP contribution in [0.2, 0.25) is 0 Å². The molecule has 1 aliphatic rings. The number of nitrogens with one attached hydrogen (secondary N) is 1. The number of rotatable bonds is 13. The number of ether oxygens (including phenoxy) is 6. The number of carbonyl (C=O) groups excluding carboxylic acids is 2. The maximum atomic E-state index is 13.8. The highest BCUT2D eigenvalue weighted by molar-refractivity contribution is 7.89. The Morgan fingerprint density at radius 2 is 1.52 bits per heavy atom. The molecule has 4 aromatic carbocycles. The Kier molecular flexibility index (Phi) is 10.6. The van der Waals surface area contributed by atoms with Gasteiger partial charge in [-0.15, -0.1) is 0 Å². The van der Waals surface area contributed by atoms with Crippen LogP contribution in [0.25, 0.3) is 0 Å². The number of ketones is 1. The zero-order valence-corrected chi connectivity index (χ0v) is 28.1. The van der Waals surface area contributed by atoms with Crippen molar-refractivity contribution in [3.63, 3.8) is 0 Å². The number of hydrogen-bond donors (Lipinski definition) is 1. The van der Waals surface area contributed by atoms with Crippen molar-refractivity contribution >= 4 is 21.8 Å². The third-order valence-corrected chi connectivity index (χ3v) is 9.46. The molecule has 1 heterocycles. The number of hydrogen-bond acceptors (Lipinski definition) is 10. The van der Waals surface area contributed by atoms with Crippen LogP contribution in [-0.4, -0.2) is 61.3 Å². The largest absolute Gasteiger partial charge is 0.493 e. The van der Waals surface area contributed by atoms with Crippen LogP contribution in [0.5, 0.6) is 34.5 Å². The molecule has 1 N–H and O–H groups in total. The number of carbonyl (C=O) groups is 2. The fraction of sp³-hybridized carbons (Fsp3) is 0.278. The van der Waals surface area contributed by atoms with Crippen molar-refractivity contribution in [2.24, 2.45) is 5.92 Å². The summed E-state index contributed by atoms with van der Waals surface area (Å²) in [4.78, 5) is 27.5. The van der Waals surface area contributed by atoms with Gasteiger partial charge < -0.3 is 28.4 Å². The average Bonchev–Trinajstić information content (AvgIpc) is 3.09. The van der Waals surface area contributed by atoms with Gasteiger partial charge in [0.25, 0.3) is 0 Å². The van der Waals surface area contributed by atoms with Gasteiger partial charge in [-0.25, -0.2) is 13.2 Å². The van der Waals surface area contributed by atoms with Gasteiger partial charge in [-0.3, -0.25) is 4.79 Å². The Morgan fingerprint density at radius 3 is 2.17 bits per heavy atom. The van der Waals surface area contributed by atoms with E-state index >= 15 is 0 Å². The smallest absolute Gasteiger partial charge is 0.330 e. The molecule has 12 heteroatoms. The van der Waals surface area contributed by atoms with Crippen molar-refractivity contribution in [3.05, 3.63) is 101 Å². The van der Waals surface area contributed by atoms with Gasteiger partial charge in [0, 0.05) is 6.07 Å². The Hall–Kier alpha value is -5.07. The van der Waals surface area contributed by atoms with Crippen molar-refractivity contribution in [2.45, 2.75) is 30.7 Å². The molecule has 1 aliphatic heterocycles. The lowest BCUT2D eigenvalue weighted by atomic mass is 9.88. The lowest BCUT2D eigenvalue weighted by molar-refractivity contribution is -0.136. The molecule has 0 saturated heterocycles. The third kappa shape index (κ3) is 7.40. The highest BCUT2D eigenvalue weighted by atomic mass is 32.2. The van der Waals surface area contributed by atoms with E-state index in [9.17, 15) is 18.0 Å². The fourth-order valence-electron chi connectivity index (χ4n) is 5.49. The van der Waals surface area contributed by atoms with Gasteiger partial charge in [-0.2, -0.15) is 4.72 Å². The van der Waals surface area contributed by atoms with E-state index in [4.69, 9.17) is 28.4 Å². The number of Topliss-reactive ketones (excluding diaryl/α,β-unsaturated/α-hetero) is 1. The second kappa shape index (κ2) is 14.8. The van der Waals surface area contributed by atoms with Crippen LogP contribution in [0, 0.1) is 12.8 Å². The van der Waals surface area contributed by atoms with Gasteiger partial charge in [0.1, 0.15) is 17.4 Å². The molecule has 4 aromatic rings. The second-order valence-corrected chi connectivity index (χ2v) is 12.9. The van der Waals surface area contributed by atoms with E-state index in [1.807, 2.05) is 13.0 Å². The lowest BCUT2D eigenvalue weighted by Gasteiger charge is -2.27. The minimum absolute atomic E-state index is 0.0205. The Balaban J connectivity index is 1.40. The highest BCUT2D eigenvalue weighted by Gasteiger charge is 2.36. The molecule has 0 saturated carbocycles. The summed E-state index contributed by atoms with van der Waals surface area (Å²) < 4.78 is 62.8. The summed E-state index contributed by atoms with van der Waals surface area (Å²) in [5.41, 5.74) is 2.53. The standard InChI is InChI=1S/C36H37NO10S/c1-22-11-14-26(15-12-22)48(40,41)37-27(18-23-9-7-6-8-10-23)36(39)47-29-19-24(13-16-28(29)42-2)17-25-21-46-30-20-31(43-3)34(44-4)35(45-5)32(30)33(25)38/h6-16,19-20,25,27,37H,17-18,21H2,1-5H3. The first-order valence-electron chi connectivity index (χ1n) is 15.1. The van der Waals surface area contributed by atoms with E-state index < -0.39 is 28.0 Å². The third-order valence-electron chi connectivity index (χ3n) is 7.97. The molecular formula is C36H37NO10S. The summed E-state index contributed by atoms with van der Waals surface area (Å²) in [6.07, 6.45) is 0.272. The van der Waals surface area contributed by atoms with Gasteiger partial charge in [0.05, 0.1) is 45.9 Å². The van der Waals surface area contributed by atoms with Crippen LogP contribution >= 0.6 is 0 Å². The molecule has 252 valence electrons. The Labute approximate surface area is 279 Å². The van der Waals surface area contributed by atoms with Gasteiger partial charge >= 0.3 is 5.97 Å². The molecule has 2 atom stereocenters. The van der Waals surface area contributed by atoms with Crippen LogP contribution in [0.15, 0.2) is 83.8 Å². The monoisotopic (exact) mass is 675 g/mol. The summed E-state index contributed by atoms with van der Waals surface area (Å²) in [7, 11) is 1.71. The molecular weight excluding hydrogens is 638 g/mol. The van der Waals surface area contributed by atoms with Crippen LogP contribution in [0.1, 0.15) is 27.0 Å². The van der Waals surface area contributed by atoms with E-state index in [2.05, 4.69) is 4.72 Å². The van der Waals surface area contributed by atoms with Crippen molar-refractivity contribution in [3.8, 4) is 34.5 Å². The predicted molar refractivity (Wildman–Crippen MR) is 177 cm³/mol. The Bertz CT molecular complexity index is 1890. The van der Waals surface area contributed by atoms with E-state index in [1.165, 1.54) is 40.6 Å². The summed E-state index contributed by atoms with van der Waals surface area (Å²) in [6.45, 7) is 1.94. The average molecular weight is 676 g/mol. The van der Waals surface area contributed by atoms with E-state index in [0.717, 1.165) is 11.1 Å². The number of fused-ring (bicyclic) bond motifs is 1. The van der Waals surface area contributed by atoms with E-state index in [0.29, 0.717) is 17.1 Å². The van der Waals surface area contributed by atoms with E-state index in [1.54, 1.807) is 60.7 Å². The number of sulfonamides is 1. The van der Waals surface area contributed by atoms with Crippen molar-refractivity contribution in [1.29, 1.82) is 0 Å². The molecule has 0 fully saturated rings. The van der Waals surface area contributed by atoms with Crippen LogP contribution in [-0.2, 0) is 27.7 Å². The summed E-state index contributed by atoms with van der Waals surface area (Å²) in [5.74, 6) is -0.141. The van der Waals surface area contributed by atoms with Crippen molar-refractivity contribution in [1.82, 2.24) is 4.72 Å². The SMILES string of the molecule is COc1ccc(CC2COc3cc(OC)c(OC)c(OC)c3C2=O)cc1OC(=O)C(Cc1ccccc1)NS(=O)(=O)c1ccc(C)cc1. The predicted octanol–water partition coefficient (Wildman–Crippen LogP) is 4.96. The van der Waals surface area contributed by atoms with E-state index in [-0.39, 0.29) is 58.7 Å². The fourth-order valence-corrected chi connectivity index (χ4v) is 6.67. The highest BCUT2D eigenvalue weighted by Crippen LogP contribution is 2.47. The molecule has 0 amide bonds. The van der Waals surface area contributed by atoms with Crippen molar-refractivity contribution < 1.29 is 46.4 Å². The summed E-state index contributed by atoms with van der Waals surface area (Å²) in [6, 6.07) is 20.6. The summed E-state index contributed by atoms with van der Waals surface area (Å²) in [5, 5.41) is 0. The van der Waals surface area contributed by atoms with Crippen LogP contribution < -0.4 is 33.1 Å². The van der Waals surface area contributed by atoms with Crippen LogP contribution in [0.3, 0.4) is 0 Å². The molecule has 0 radical (unpaired) electrons. The molecule has 0 spiro atoms. The number of methoxy groups -OCH3 is 4. The van der Waals surface area contributed by atoms with Crippen LogP contribution in [0.4, 0.5) is 0 Å². The first-order valence-corrected chi connectivity index (χ1v) is 16.6. The number of aryl methyl sites for hydroxylation is 1. The van der Waals surface area contributed by atoms with Gasteiger partial charge in [-0.05, 0) is 55.2 Å². The quantitative estimate of drug-likeness (QED) is 0.153. The Morgan fingerprint density at radius 1 is 0.833 bits per heavy atom. The molecule has 0 aliphatic carbocycles. The zero-order valence-electron chi connectivity index (χ0n) is 27.3. The van der Waals surface area contributed by atoms with Gasteiger partial charge in [0.2, 0.25) is 15.8 Å². The minimum Gasteiger partial charge on any atom is -0.493 e. The van der Waals surface area contributed by atoms with Gasteiger partial charge in [-0.1, -0.05) is 54.1 Å². The maximum Gasteiger partial charge on any atom is 0.330 e. The zero-order chi connectivity index (χ0) is 34.4. The first-order chi connectivity index (χ1) is 23.1. The molecule has 2 unspecified atom stereocenters. The first kappa shape index (κ1) is 34.3. The van der Waals surface area contributed by atoms with Crippen molar-refractivity contribution in [2.75, 3.05) is 35.0 Å². The molecule has 0 bridgehead atoms. The minimum atomic E-state index is -4.08. The number of benzene rings is 4. The second-order valence-electron chi connectivity index (χ2n) is 11.2. The number of esters is 1. The molecule has 48 heavy (non-hydrogen) atoms. The topological polar surface area (TPSA) is 136 Å². The molecule has 0 aromatic heterocycles. The maximum absolute atomic E-state index is 13.8. The molecule has 5 rings (SSSR count). The molecule has 11 nitrogen and oxygen atoms in total. The van der Waals surface area contributed by atoms with Gasteiger partial charge in [0.15, 0.2) is 28.8 Å². The summed E-state index contributed by atoms with van der Waals surface area (Å²) >= 11 is 0. The normalized spacial score (nSPS) is 14.7.